The van der Waals surface area contributed by atoms with Crippen LogP contribution in [-0.2, 0) is 14.3 Å². The zero-order valence-electron chi connectivity index (χ0n) is 17.2. The number of carbonyl (C=O) groups is 2. The molecule has 0 spiro atoms. The summed E-state index contributed by atoms with van der Waals surface area (Å²) in [6, 6.07) is 0. The lowest BCUT2D eigenvalue weighted by atomic mass is 10.1. The monoisotopic (exact) mass is 367 g/mol. The van der Waals surface area contributed by atoms with E-state index in [-0.39, 0.29) is 18.4 Å². The number of carbonyl (C=O) groups excluding carboxylic acids is 2. The van der Waals surface area contributed by atoms with Gasteiger partial charge in [0.15, 0.2) is 0 Å². The molecule has 1 amide bonds. The first-order valence-electron chi connectivity index (χ1n) is 10.8. The van der Waals surface area contributed by atoms with Gasteiger partial charge in [0.2, 0.25) is 5.91 Å². The highest BCUT2D eigenvalue weighted by atomic mass is 16.5. The third-order valence-corrected chi connectivity index (χ3v) is 4.40. The number of unbranched alkanes of at least 4 members (excludes halogenated alkanes) is 11. The molecule has 0 saturated carbocycles. The van der Waals surface area contributed by atoms with Crippen LogP contribution >= 0.6 is 0 Å². The predicted octanol–water partition coefficient (Wildman–Crippen LogP) is 5.70. The van der Waals surface area contributed by atoms with Gasteiger partial charge in [-0.1, -0.05) is 70.4 Å². The van der Waals surface area contributed by atoms with Crippen LogP contribution in [0.2, 0.25) is 0 Å². The van der Waals surface area contributed by atoms with Gasteiger partial charge in [-0.05, 0) is 39.0 Å². The van der Waals surface area contributed by atoms with Gasteiger partial charge in [-0.25, -0.2) is 0 Å². The molecule has 0 fully saturated rings. The fraction of sp³-hybridized carbons (Fsp3) is 0.818. The van der Waals surface area contributed by atoms with Crippen molar-refractivity contribution in [3.8, 4) is 0 Å². The van der Waals surface area contributed by atoms with Crippen molar-refractivity contribution in [1.29, 1.82) is 0 Å². The Morgan fingerprint density at radius 2 is 1.31 bits per heavy atom. The Morgan fingerprint density at radius 1 is 0.769 bits per heavy atom. The molecule has 0 rings (SSSR count). The van der Waals surface area contributed by atoms with Gasteiger partial charge in [0.25, 0.3) is 0 Å². The fourth-order valence-corrected chi connectivity index (χ4v) is 2.83. The molecule has 26 heavy (non-hydrogen) atoms. The first-order valence-corrected chi connectivity index (χ1v) is 10.8. The van der Waals surface area contributed by atoms with Gasteiger partial charge < -0.3 is 10.1 Å². The minimum Gasteiger partial charge on any atom is -0.465 e. The van der Waals surface area contributed by atoms with Crippen LogP contribution in [0.4, 0.5) is 0 Å². The van der Waals surface area contributed by atoms with Gasteiger partial charge in [0.1, 0.15) is 6.54 Å². The third-order valence-electron chi connectivity index (χ3n) is 4.40. The molecule has 0 heterocycles. The highest BCUT2D eigenvalue weighted by molar-refractivity contribution is 5.81. The number of amides is 1. The zero-order chi connectivity index (χ0) is 19.3. The average molecular weight is 368 g/mol. The van der Waals surface area contributed by atoms with E-state index in [0.717, 1.165) is 12.8 Å². The van der Waals surface area contributed by atoms with Gasteiger partial charge >= 0.3 is 5.97 Å². The van der Waals surface area contributed by atoms with Gasteiger partial charge in [-0.3, -0.25) is 9.59 Å². The molecule has 0 saturated heterocycles. The number of hydrogen-bond acceptors (Lipinski definition) is 3. The molecule has 152 valence electrons. The Morgan fingerprint density at radius 3 is 1.88 bits per heavy atom. The summed E-state index contributed by atoms with van der Waals surface area (Å²) in [5, 5.41) is 2.60. The zero-order valence-corrected chi connectivity index (χ0v) is 17.2. The number of allylic oxidation sites excluding steroid dienone is 2. The third kappa shape index (κ3) is 19.0. The summed E-state index contributed by atoms with van der Waals surface area (Å²) in [5.74, 6) is -0.427. The average Bonchev–Trinajstić information content (AvgIpc) is 2.63. The van der Waals surface area contributed by atoms with Crippen LogP contribution in [0.3, 0.4) is 0 Å². The molecule has 0 aromatic heterocycles. The Labute approximate surface area is 161 Å². The lowest BCUT2D eigenvalue weighted by Crippen LogP contribution is -2.30. The van der Waals surface area contributed by atoms with Crippen LogP contribution in [0.15, 0.2) is 12.2 Å². The van der Waals surface area contributed by atoms with E-state index >= 15 is 0 Å². The van der Waals surface area contributed by atoms with Crippen molar-refractivity contribution in [1.82, 2.24) is 5.32 Å². The van der Waals surface area contributed by atoms with E-state index in [1.807, 2.05) is 0 Å². The van der Waals surface area contributed by atoms with Crippen molar-refractivity contribution < 1.29 is 14.3 Å². The summed E-state index contributed by atoms with van der Waals surface area (Å²) in [6.45, 7) is 4.35. The SMILES string of the molecule is CCCCCCC/C=C\CCCCCCCCC(=O)NCC(=O)OCC. The van der Waals surface area contributed by atoms with Crippen molar-refractivity contribution in [2.45, 2.75) is 104 Å². The molecule has 0 aromatic rings. The Hall–Kier alpha value is -1.32. The van der Waals surface area contributed by atoms with Crippen LogP contribution < -0.4 is 5.32 Å². The van der Waals surface area contributed by atoms with E-state index in [9.17, 15) is 9.59 Å². The van der Waals surface area contributed by atoms with Crippen LogP contribution in [0.5, 0.6) is 0 Å². The normalized spacial score (nSPS) is 11.0. The maximum absolute atomic E-state index is 11.6. The second-order valence-electron chi connectivity index (χ2n) is 6.92. The van der Waals surface area contributed by atoms with Crippen molar-refractivity contribution in [3.05, 3.63) is 12.2 Å². The summed E-state index contributed by atoms with van der Waals surface area (Å²) in [6.07, 6.45) is 21.4. The first-order chi connectivity index (χ1) is 12.7. The summed E-state index contributed by atoms with van der Waals surface area (Å²) in [7, 11) is 0. The summed E-state index contributed by atoms with van der Waals surface area (Å²) in [5.41, 5.74) is 0. The first kappa shape index (κ1) is 24.7. The van der Waals surface area contributed by atoms with Crippen molar-refractivity contribution in [2.24, 2.45) is 0 Å². The molecule has 0 aromatic carbocycles. The predicted molar refractivity (Wildman–Crippen MR) is 109 cm³/mol. The Bertz CT molecular complexity index is 366. The minimum absolute atomic E-state index is 0.0149. The van der Waals surface area contributed by atoms with Crippen molar-refractivity contribution in [2.75, 3.05) is 13.2 Å². The number of hydrogen-bond donors (Lipinski definition) is 1. The van der Waals surface area contributed by atoms with E-state index in [2.05, 4.69) is 24.4 Å². The number of ether oxygens (including phenoxy) is 1. The Kier molecular flexibility index (Phi) is 19.0. The van der Waals surface area contributed by atoms with Crippen LogP contribution in [-0.4, -0.2) is 25.0 Å². The molecule has 1 N–H and O–H groups in total. The van der Waals surface area contributed by atoms with E-state index in [0.29, 0.717) is 13.0 Å². The van der Waals surface area contributed by atoms with Crippen molar-refractivity contribution in [3.63, 3.8) is 0 Å². The largest absolute Gasteiger partial charge is 0.465 e. The quantitative estimate of drug-likeness (QED) is 0.192. The second-order valence-corrected chi connectivity index (χ2v) is 6.92. The number of esters is 1. The molecule has 0 unspecified atom stereocenters. The number of rotatable bonds is 18. The molecule has 4 nitrogen and oxygen atoms in total. The molecular weight excluding hydrogens is 326 g/mol. The summed E-state index contributed by atoms with van der Waals surface area (Å²) >= 11 is 0. The lowest BCUT2D eigenvalue weighted by Gasteiger charge is -2.05. The molecule has 0 bridgehead atoms. The highest BCUT2D eigenvalue weighted by Crippen LogP contribution is 2.10. The molecular formula is C22H41NO3. The van der Waals surface area contributed by atoms with Gasteiger partial charge in [-0.15, -0.1) is 0 Å². The number of nitrogens with one attached hydrogen (secondary N) is 1. The van der Waals surface area contributed by atoms with Gasteiger partial charge in [-0.2, -0.15) is 0 Å². The standard InChI is InChI=1S/C22H41NO3/c1-3-5-6-7-8-9-10-11-12-13-14-15-16-17-18-19-21(24)23-20-22(25)26-4-2/h10-11H,3-9,12-20H2,1-2H3,(H,23,24)/b11-10-. The van der Waals surface area contributed by atoms with Crippen LogP contribution in [0.1, 0.15) is 104 Å². The highest BCUT2D eigenvalue weighted by Gasteiger charge is 2.05. The van der Waals surface area contributed by atoms with E-state index in [4.69, 9.17) is 4.74 Å². The van der Waals surface area contributed by atoms with Crippen molar-refractivity contribution >= 4 is 11.9 Å². The second kappa shape index (κ2) is 20.0. The molecule has 0 aliphatic heterocycles. The van der Waals surface area contributed by atoms with E-state index in [1.165, 1.54) is 70.6 Å². The maximum atomic E-state index is 11.6. The fourth-order valence-electron chi connectivity index (χ4n) is 2.83. The van der Waals surface area contributed by atoms with E-state index < -0.39 is 0 Å². The van der Waals surface area contributed by atoms with Gasteiger partial charge in [0, 0.05) is 6.42 Å². The van der Waals surface area contributed by atoms with Gasteiger partial charge in [0.05, 0.1) is 6.61 Å². The molecule has 0 radical (unpaired) electrons. The summed E-state index contributed by atoms with van der Waals surface area (Å²) in [4.78, 5) is 22.7. The van der Waals surface area contributed by atoms with E-state index in [1.54, 1.807) is 6.92 Å². The van der Waals surface area contributed by atoms with Crippen LogP contribution in [0, 0.1) is 0 Å². The summed E-state index contributed by atoms with van der Waals surface area (Å²) < 4.78 is 4.76. The molecule has 0 aliphatic rings. The van der Waals surface area contributed by atoms with Crippen LogP contribution in [0.25, 0.3) is 0 Å². The molecule has 0 atom stereocenters. The minimum atomic E-state index is -0.369. The topological polar surface area (TPSA) is 55.4 Å². The maximum Gasteiger partial charge on any atom is 0.325 e. The lowest BCUT2D eigenvalue weighted by molar-refractivity contribution is -0.143. The molecule has 0 aliphatic carbocycles. The Balaban J connectivity index is 3.26. The molecule has 4 heteroatoms. The smallest absolute Gasteiger partial charge is 0.325 e.